The summed E-state index contributed by atoms with van der Waals surface area (Å²) in [4.78, 5) is 24.7. The lowest BCUT2D eigenvalue weighted by Crippen LogP contribution is -2.47. The van der Waals surface area contributed by atoms with Crippen molar-refractivity contribution in [3.05, 3.63) is 29.8 Å². The van der Waals surface area contributed by atoms with Crippen LogP contribution in [0.15, 0.2) is 29.2 Å². The average molecular weight is 440 g/mol. The van der Waals surface area contributed by atoms with E-state index in [9.17, 15) is 18.0 Å². The van der Waals surface area contributed by atoms with E-state index in [1.165, 1.54) is 6.42 Å². The lowest BCUT2D eigenvalue weighted by molar-refractivity contribution is 0.186. The van der Waals surface area contributed by atoms with Crippen molar-refractivity contribution in [1.29, 1.82) is 0 Å². The van der Waals surface area contributed by atoms with Gasteiger partial charge < -0.3 is 20.6 Å². The van der Waals surface area contributed by atoms with Gasteiger partial charge in [-0.05, 0) is 43.4 Å². The lowest BCUT2D eigenvalue weighted by Gasteiger charge is -2.31. The fourth-order valence-corrected chi connectivity index (χ4v) is 5.31. The van der Waals surface area contributed by atoms with Crippen molar-refractivity contribution in [2.24, 2.45) is 0 Å². The summed E-state index contributed by atoms with van der Waals surface area (Å²) in [6.07, 6.45) is 4.66. The van der Waals surface area contributed by atoms with Crippen molar-refractivity contribution in [1.82, 2.24) is 15.5 Å². The molecular weight excluding hydrogens is 406 g/mol. The van der Waals surface area contributed by atoms with Crippen LogP contribution in [-0.4, -0.2) is 62.0 Å². The van der Waals surface area contributed by atoms with Gasteiger partial charge in [0.05, 0.1) is 10.1 Å². The zero-order valence-corrected chi connectivity index (χ0v) is 18.4. The Hall–Kier alpha value is -2.29. The van der Waals surface area contributed by atoms with E-state index in [0.717, 1.165) is 24.8 Å². The first kappa shape index (κ1) is 24.0. The monoisotopic (exact) mass is 439 g/mol. The Morgan fingerprint density at radius 1 is 1.03 bits per heavy atom. The smallest absolute Gasteiger partial charge is 0.404 e. The summed E-state index contributed by atoms with van der Waals surface area (Å²) in [6, 6.07) is 6.50. The molecule has 0 atom stereocenters. The summed E-state index contributed by atoms with van der Waals surface area (Å²) < 4.78 is 25.9. The predicted octanol–water partition coefficient (Wildman–Crippen LogP) is 3.02. The van der Waals surface area contributed by atoms with Crippen LogP contribution >= 0.6 is 0 Å². The van der Waals surface area contributed by atoms with Gasteiger partial charge >= 0.3 is 12.1 Å². The topological polar surface area (TPSA) is 116 Å². The summed E-state index contributed by atoms with van der Waals surface area (Å²) in [5, 5.41) is 13.3. The van der Waals surface area contributed by atoms with Gasteiger partial charge in [0.1, 0.15) is 0 Å². The molecule has 9 heteroatoms. The molecule has 1 aliphatic heterocycles. The van der Waals surface area contributed by atoms with Gasteiger partial charge in [0, 0.05) is 26.2 Å². The highest BCUT2D eigenvalue weighted by Crippen LogP contribution is 2.25. The van der Waals surface area contributed by atoms with Crippen LogP contribution in [0.1, 0.15) is 51.0 Å². The molecule has 0 saturated carbocycles. The maximum absolute atomic E-state index is 12.9. The minimum atomic E-state index is -3.46. The Bertz CT molecular complexity index is 787. The number of piperidine rings is 1. The first-order valence-electron chi connectivity index (χ1n) is 10.7. The Morgan fingerprint density at radius 3 is 2.30 bits per heavy atom. The summed E-state index contributed by atoms with van der Waals surface area (Å²) in [7, 11) is -3.46. The van der Waals surface area contributed by atoms with E-state index in [1.54, 1.807) is 29.2 Å². The molecule has 0 spiro atoms. The van der Waals surface area contributed by atoms with Crippen molar-refractivity contribution in [2.45, 2.75) is 62.0 Å². The van der Waals surface area contributed by atoms with E-state index in [2.05, 4.69) is 17.6 Å². The number of rotatable bonds is 10. The molecule has 0 unspecified atom stereocenters. The molecule has 1 aromatic rings. The number of urea groups is 1. The van der Waals surface area contributed by atoms with Crippen molar-refractivity contribution in [3.8, 4) is 0 Å². The van der Waals surface area contributed by atoms with Crippen molar-refractivity contribution < 1.29 is 23.1 Å². The number of nitrogens with one attached hydrogen (secondary N) is 2. The van der Waals surface area contributed by atoms with E-state index in [1.807, 2.05) is 0 Å². The first-order chi connectivity index (χ1) is 14.3. The maximum atomic E-state index is 12.9. The predicted molar refractivity (Wildman–Crippen MR) is 115 cm³/mol. The number of hydrogen-bond donors (Lipinski definition) is 3. The Morgan fingerprint density at radius 2 is 1.70 bits per heavy atom. The number of nitrogens with zero attached hydrogens (tertiary/aromatic N) is 1. The summed E-state index contributed by atoms with van der Waals surface area (Å²) in [6.45, 7) is 3.95. The van der Waals surface area contributed by atoms with Gasteiger partial charge in [-0.1, -0.05) is 38.3 Å². The minimum Gasteiger partial charge on any atom is -0.465 e. The normalized spacial score (nSPS) is 15.0. The fourth-order valence-electron chi connectivity index (χ4n) is 3.58. The Labute approximate surface area is 179 Å². The lowest BCUT2D eigenvalue weighted by atomic mass is 10.1. The molecular formula is C21H33N3O5S. The molecule has 3 N–H and O–H groups in total. The van der Waals surface area contributed by atoms with Crippen LogP contribution in [0.4, 0.5) is 9.59 Å². The number of likely N-dealkylation sites (tertiary alicyclic amines) is 1. The second-order valence-corrected chi connectivity index (χ2v) is 9.88. The summed E-state index contributed by atoms with van der Waals surface area (Å²) in [5.74, 6) is 0. The highest BCUT2D eigenvalue weighted by atomic mass is 32.2. The number of carbonyl (C=O) groups excluding carboxylic acids is 1. The van der Waals surface area contributed by atoms with Crippen LogP contribution in [0.25, 0.3) is 0 Å². The molecule has 1 fully saturated rings. The largest absolute Gasteiger partial charge is 0.465 e. The van der Waals surface area contributed by atoms with Gasteiger partial charge in [-0.3, -0.25) is 0 Å². The van der Waals surface area contributed by atoms with E-state index >= 15 is 0 Å². The molecule has 1 aromatic carbocycles. The highest BCUT2D eigenvalue weighted by Gasteiger charge is 2.32. The molecule has 8 nitrogen and oxygen atoms in total. The van der Waals surface area contributed by atoms with Gasteiger partial charge in [0.15, 0.2) is 9.84 Å². The number of carboxylic acid groups (broad SMARTS) is 1. The van der Waals surface area contributed by atoms with E-state index < -0.39 is 21.2 Å². The Balaban J connectivity index is 1.82. The number of hydrogen-bond acceptors (Lipinski definition) is 4. The van der Waals surface area contributed by atoms with Gasteiger partial charge in [0.2, 0.25) is 0 Å². The molecule has 0 aromatic heterocycles. The summed E-state index contributed by atoms with van der Waals surface area (Å²) in [5.41, 5.74) is 0.869. The van der Waals surface area contributed by atoms with Crippen LogP contribution in [-0.2, 0) is 16.3 Å². The SMILES string of the molecule is CCCCCCNC(=O)N1CCC(S(=O)(=O)c2ccc(CCNC(=O)O)cc2)CC1. The summed E-state index contributed by atoms with van der Waals surface area (Å²) >= 11 is 0. The first-order valence-corrected chi connectivity index (χ1v) is 12.2. The zero-order chi connectivity index (χ0) is 22.0. The Kier molecular flexibility index (Phi) is 9.42. The van der Waals surface area contributed by atoms with E-state index in [4.69, 9.17) is 5.11 Å². The number of amides is 3. The molecule has 2 rings (SSSR count). The number of benzene rings is 1. The van der Waals surface area contributed by atoms with Crippen molar-refractivity contribution >= 4 is 22.0 Å². The van der Waals surface area contributed by atoms with E-state index in [0.29, 0.717) is 38.9 Å². The molecule has 1 aliphatic rings. The molecule has 0 radical (unpaired) electrons. The molecule has 0 aliphatic carbocycles. The third-order valence-corrected chi connectivity index (χ3v) is 7.69. The van der Waals surface area contributed by atoms with Crippen LogP contribution in [0, 0.1) is 0 Å². The van der Waals surface area contributed by atoms with Crippen LogP contribution in [0.2, 0.25) is 0 Å². The second kappa shape index (κ2) is 11.8. The molecule has 168 valence electrons. The minimum absolute atomic E-state index is 0.110. The maximum Gasteiger partial charge on any atom is 0.404 e. The van der Waals surface area contributed by atoms with Gasteiger partial charge in [0.25, 0.3) is 0 Å². The average Bonchev–Trinajstić information content (AvgIpc) is 2.73. The molecule has 30 heavy (non-hydrogen) atoms. The fraction of sp³-hybridized carbons (Fsp3) is 0.619. The van der Waals surface area contributed by atoms with Crippen molar-refractivity contribution in [3.63, 3.8) is 0 Å². The van der Waals surface area contributed by atoms with Crippen LogP contribution in [0.5, 0.6) is 0 Å². The quantitative estimate of drug-likeness (QED) is 0.485. The van der Waals surface area contributed by atoms with Gasteiger partial charge in [-0.25, -0.2) is 18.0 Å². The zero-order valence-electron chi connectivity index (χ0n) is 17.6. The third-order valence-electron chi connectivity index (χ3n) is 5.42. The number of sulfone groups is 1. The van der Waals surface area contributed by atoms with Crippen molar-refractivity contribution in [2.75, 3.05) is 26.2 Å². The van der Waals surface area contributed by atoms with Gasteiger partial charge in [-0.15, -0.1) is 0 Å². The molecule has 1 heterocycles. The number of carbonyl (C=O) groups is 2. The van der Waals surface area contributed by atoms with Gasteiger partial charge in [-0.2, -0.15) is 0 Å². The van der Waals surface area contributed by atoms with Crippen LogP contribution in [0.3, 0.4) is 0 Å². The molecule has 3 amide bonds. The highest BCUT2D eigenvalue weighted by molar-refractivity contribution is 7.92. The standard InChI is InChI=1S/C21H33N3O5S/c1-2-3-4-5-13-22-20(25)24-15-11-19(12-16-24)30(28,29)18-8-6-17(7-9-18)10-14-23-21(26)27/h6-9,19,23H,2-5,10-16H2,1H3,(H,22,25)(H,26,27). The molecule has 1 saturated heterocycles. The third kappa shape index (κ3) is 7.19. The molecule has 0 bridgehead atoms. The van der Waals surface area contributed by atoms with Crippen LogP contribution < -0.4 is 10.6 Å². The number of unbranched alkanes of at least 4 members (excludes halogenated alkanes) is 3. The second-order valence-electron chi connectivity index (χ2n) is 7.65. The van der Waals surface area contributed by atoms with E-state index in [-0.39, 0.29) is 17.5 Å².